The molecule has 0 aliphatic carbocycles. The minimum atomic E-state index is -4.78. The molecule has 11 nitrogen and oxygen atoms in total. The molecule has 0 saturated heterocycles. The second-order valence-electron chi connectivity index (χ2n) is 20.1. The number of unbranched alkanes of at least 4 members (excludes halogenated alkanes) is 17. The van der Waals surface area contributed by atoms with Crippen LogP contribution < -0.4 is 0 Å². The number of carbonyl (C=O) groups excluding carboxylic acids is 3. The fourth-order valence-electron chi connectivity index (χ4n) is 7.87. The molecular weight excluding hydrogens is 1020 g/mol. The van der Waals surface area contributed by atoms with Crippen LogP contribution in [0.4, 0.5) is 0 Å². The lowest BCUT2D eigenvalue weighted by molar-refractivity contribution is -0.161. The molecule has 0 amide bonds. The van der Waals surface area contributed by atoms with E-state index in [-0.39, 0.29) is 25.9 Å². The van der Waals surface area contributed by atoms with Crippen LogP contribution in [0.25, 0.3) is 0 Å². The summed E-state index contributed by atoms with van der Waals surface area (Å²) in [5.41, 5.74) is 0. The molecule has 0 aliphatic heterocycles. The monoisotopic (exact) mass is 1130 g/mol. The molecule has 3 unspecified atom stereocenters. The molecule has 80 heavy (non-hydrogen) atoms. The topological polar surface area (TPSA) is 155 Å². The van der Waals surface area contributed by atoms with E-state index in [0.29, 0.717) is 19.3 Å². The molecule has 0 aliphatic rings. The summed E-state index contributed by atoms with van der Waals surface area (Å²) in [6, 6.07) is 0. The Bertz CT molecular complexity index is 1850. The molecule has 2 N–H and O–H groups in total. The van der Waals surface area contributed by atoms with E-state index in [2.05, 4.69) is 154 Å². The van der Waals surface area contributed by atoms with Crippen LogP contribution in [0.2, 0.25) is 0 Å². The summed E-state index contributed by atoms with van der Waals surface area (Å²) in [7, 11) is -4.78. The van der Waals surface area contributed by atoms with Crippen molar-refractivity contribution < 1.29 is 52.2 Å². The molecule has 3 atom stereocenters. The maximum atomic E-state index is 12.9. The zero-order valence-corrected chi connectivity index (χ0v) is 51.1. The molecule has 0 heterocycles. The maximum absolute atomic E-state index is 12.9. The zero-order chi connectivity index (χ0) is 58.3. The van der Waals surface area contributed by atoms with Crippen molar-refractivity contribution in [3.63, 3.8) is 0 Å². The summed E-state index contributed by atoms with van der Waals surface area (Å²) in [4.78, 5) is 48.7. The number of carbonyl (C=O) groups is 3. The first-order valence-corrected chi connectivity index (χ1v) is 32.6. The number of phosphoric ester groups is 1. The third kappa shape index (κ3) is 58.3. The van der Waals surface area contributed by atoms with Gasteiger partial charge in [-0.3, -0.25) is 23.4 Å². The van der Waals surface area contributed by atoms with E-state index >= 15 is 0 Å². The van der Waals surface area contributed by atoms with Crippen LogP contribution in [0.5, 0.6) is 0 Å². The number of esters is 3. The van der Waals surface area contributed by atoms with Gasteiger partial charge in [0.2, 0.25) is 0 Å². The summed E-state index contributed by atoms with van der Waals surface area (Å²) in [5, 5.41) is 9.84. The molecule has 0 aromatic rings. The average Bonchev–Trinajstić information content (AvgIpc) is 3.45. The predicted molar refractivity (Wildman–Crippen MR) is 334 cm³/mol. The first kappa shape index (κ1) is 75.6. The van der Waals surface area contributed by atoms with Gasteiger partial charge < -0.3 is 24.2 Å². The molecule has 0 aromatic carbocycles. The van der Waals surface area contributed by atoms with Gasteiger partial charge in [-0.2, -0.15) is 0 Å². The number of phosphoric acid groups is 1. The van der Waals surface area contributed by atoms with E-state index in [1.807, 2.05) is 0 Å². The van der Waals surface area contributed by atoms with Crippen LogP contribution in [0.15, 0.2) is 134 Å². The Morgan fingerprint density at radius 3 is 1.01 bits per heavy atom. The summed E-state index contributed by atoms with van der Waals surface area (Å²) >= 11 is 0. The minimum absolute atomic E-state index is 0.117. The van der Waals surface area contributed by atoms with E-state index in [0.717, 1.165) is 154 Å². The normalized spacial score (nSPS) is 14.2. The Kier molecular flexibility index (Phi) is 57.4. The summed E-state index contributed by atoms with van der Waals surface area (Å²) in [6.45, 7) is 4.32. The van der Waals surface area contributed by atoms with E-state index < -0.39 is 57.8 Å². The van der Waals surface area contributed by atoms with Crippen molar-refractivity contribution in [1.29, 1.82) is 0 Å². The van der Waals surface area contributed by atoms with Crippen LogP contribution >= 0.6 is 7.82 Å². The van der Waals surface area contributed by atoms with E-state index in [1.165, 1.54) is 25.7 Å². The summed E-state index contributed by atoms with van der Waals surface area (Å²) in [5.74, 6) is -1.55. The van der Waals surface area contributed by atoms with Gasteiger partial charge >= 0.3 is 25.7 Å². The van der Waals surface area contributed by atoms with Gasteiger partial charge in [0.15, 0.2) is 6.10 Å². The molecule has 0 saturated carbocycles. The van der Waals surface area contributed by atoms with Crippen LogP contribution in [0, 0.1) is 0 Å². The van der Waals surface area contributed by atoms with Gasteiger partial charge in [-0.25, -0.2) is 4.57 Å². The van der Waals surface area contributed by atoms with Crippen molar-refractivity contribution in [2.45, 2.75) is 251 Å². The summed E-state index contributed by atoms with van der Waals surface area (Å²) in [6.07, 6.45) is 76.8. The van der Waals surface area contributed by atoms with Crippen molar-refractivity contribution in [3.8, 4) is 0 Å². The molecule has 0 radical (unpaired) electrons. The van der Waals surface area contributed by atoms with Gasteiger partial charge in [-0.15, -0.1) is 0 Å². The van der Waals surface area contributed by atoms with Crippen LogP contribution in [0.1, 0.15) is 239 Å². The third-order valence-corrected chi connectivity index (χ3v) is 13.5. The third-order valence-electron chi connectivity index (χ3n) is 12.5. The highest BCUT2D eigenvalue weighted by atomic mass is 31.2. The van der Waals surface area contributed by atoms with Crippen molar-refractivity contribution in [2.75, 3.05) is 26.4 Å². The van der Waals surface area contributed by atoms with E-state index in [1.54, 1.807) is 0 Å². The number of hydrogen-bond acceptors (Lipinski definition) is 10. The molecule has 0 spiro atoms. The number of allylic oxidation sites excluding steroid dienone is 22. The molecule has 0 bridgehead atoms. The Morgan fingerprint density at radius 2 is 0.650 bits per heavy atom. The lowest BCUT2D eigenvalue weighted by Gasteiger charge is -2.21. The lowest BCUT2D eigenvalue weighted by atomic mass is 10.1. The quantitative estimate of drug-likeness (QED) is 0.0197. The SMILES string of the molecule is CC/C=C\C/C=C\C/C=C\C/C=C\C/C=C\CCCCCC(=O)OC(COC(=O)CCCCCCCC/C=C\C/C=C\C/C=C\CCCCC)COP(=O)(O)OCC(CO)OC(=O)CCCCCCC/C=C\C/C=C\C/C=C\CC. The molecule has 12 heteroatoms. The highest BCUT2D eigenvalue weighted by molar-refractivity contribution is 7.47. The molecular formula is C68H111O11P. The van der Waals surface area contributed by atoms with E-state index in [4.69, 9.17) is 23.3 Å². The molecule has 0 aromatic heterocycles. The second-order valence-corrected chi connectivity index (χ2v) is 21.6. The highest BCUT2D eigenvalue weighted by Crippen LogP contribution is 2.43. The number of aliphatic hydroxyl groups excluding tert-OH is 1. The molecule has 0 fully saturated rings. The Labute approximate surface area is 487 Å². The largest absolute Gasteiger partial charge is 0.472 e. The highest BCUT2D eigenvalue weighted by Gasteiger charge is 2.28. The van der Waals surface area contributed by atoms with Gasteiger partial charge in [-0.05, 0) is 135 Å². The summed E-state index contributed by atoms with van der Waals surface area (Å²) < 4.78 is 39.6. The Morgan fingerprint density at radius 1 is 0.362 bits per heavy atom. The molecule has 0 rings (SSSR count). The van der Waals surface area contributed by atoms with Crippen LogP contribution in [-0.2, 0) is 42.2 Å². The number of rotatable bonds is 56. The maximum Gasteiger partial charge on any atom is 0.472 e. The zero-order valence-electron chi connectivity index (χ0n) is 50.2. The van der Waals surface area contributed by atoms with Crippen LogP contribution in [0.3, 0.4) is 0 Å². The Balaban J connectivity index is 4.84. The van der Waals surface area contributed by atoms with Gasteiger partial charge in [0.25, 0.3) is 0 Å². The first-order chi connectivity index (χ1) is 39.2. The molecule has 454 valence electrons. The van der Waals surface area contributed by atoms with Crippen molar-refractivity contribution >= 4 is 25.7 Å². The first-order valence-electron chi connectivity index (χ1n) is 31.1. The minimum Gasteiger partial charge on any atom is -0.462 e. The van der Waals surface area contributed by atoms with Crippen LogP contribution in [-0.4, -0.2) is 66.5 Å². The number of hydrogen-bond donors (Lipinski definition) is 2. The standard InChI is InChI=1S/C68H111O11P/c1-4-7-10-13-16-19-22-25-28-30-32-34-37-39-42-45-48-51-54-57-66(70)75-61-65(79-68(72)59-56-53-50-47-44-41-38-35-33-31-29-26-23-20-17-14-11-8-5-2)63-77-80(73,74)76-62-64(60-69)78-67(71)58-55-52-49-46-43-40-36-27-24-21-18-15-12-9-6-3/h8-9,11-12,16-21,25-29,32-36,41,44,64-65,69H,4-7,10,13-15,22-24,30-31,37-40,42-43,45-63H2,1-3H3,(H,73,74)/b11-8-,12-9-,19-16-,20-17-,21-18-,28-25-,29-26-,34-32-,35-33-,36-27-,44-41-. The lowest BCUT2D eigenvalue weighted by Crippen LogP contribution is -2.30. The van der Waals surface area contributed by atoms with E-state index in [9.17, 15) is 28.9 Å². The van der Waals surface area contributed by atoms with Gasteiger partial charge in [-0.1, -0.05) is 219 Å². The van der Waals surface area contributed by atoms with Crippen molar-refractivity contribution in [2.24, 2.45) is 0 Å². The number of ether oxygens (including phenoxy) is 3. The van der Waals surface area contributed by atoms with Crippen molar-refractivity contribution in [1.82, 2.24) is 0 Å². The second kappa shape index (κ2) is 60.7. The fourth-order valence-corrected chi connectivity index (χ4v) is 8.66. The fraction of sp³-hybridized carbons (Fsp3) is 0.632. The van der Waals surface area contributed by atoms with Gasteiger partial charge in [0.1, 0.15) is 12.7 Å². The van der Waals surface area contributed by atoms with Crippen molar-refractivity contribution in [3.05, 3.63) is 134 Å². The Hall–Kier alpha value is -4.38. The predicted octanol–water partition coefficient (Wildman–Crippen LogP) is 18.9. The number of aliphatic hydroxyl groups is 1. The smallest absolute Gasteiger partial charge is 0.462 e. The van der Waals surface area contributed by atoms with Gasteiger partial charge in [0, 0.05) is 19.3 Å². The average molecular weight is 1140 g/mol. The van der Waals surface area contributed by atoms with Gasteiger partial charge in [0.05, 0.1) is 19.8 Å².